The van der Waals surface area contributed by atoms with E-state index in [-0.39, 0.29) is 19.6 Å². The Morgan fingerprint density at radius 2 is 1.32 bits per heavy atom. The number of hydrogen-bond acceptors (Lipinski definition) is 4. The van der Waals surface area contributed by atoms with Crippen molar-refractivity contribution in [3.05, 3.63) is 99.7 Å². The number of amides is 1. The van der Waals surface area contributed by atoms with Crippen molar-refractivity contribution in [2.75, 3.05) is 11.4 Å². The monoisotopic (exact) mass is 382 g/mol. The van der Waals surface area contributed by atoms with Crippen LogP contribution in [0.1, 0.15) is 0 Å². The Bertz CT molecular complexity index is 1010. The Morgan fingerprint density at radius 1 is 0.821 bits per heavy atom. The molecule has 1 aromatic heterocycles. The molecular weight excluding hydrogens is 360 g/mol. The van der Waals surface area contributed by atoms with E-state index in [1.165, 1.54) is 17.1 Å². The van der Waals surface area contributed by atoms with E-state index < -0.39 is 29.5 Å². The molecule has 0 bridgehead atoms. The molecule has 146 valence electrons. The molecule has 1 heterocycles. The zero-order valence-corrected chi connectivity index (χ0v) is 15.5. The standard InChI is InChI=1S/C20H22N4O4/c1-4-12-21(16-10-8-7-9-11-16)17(25)15-24-19(27)22(13-5-2)18(26)23(14-6-3)20(24)28/h4-11H,1-3,12-15H2. The van der Waals surface area contributed by atoms with Crippen molar-refractivity contribution in [2.45, 2.75) is 19.6 Å². The molecule has 0 aliphatic heterocycles. The summed E-state index contributed by atoms with van der Waals surface area (Å²) in [4.78, 5) is 52.0. The van der Waals surface area contributed by atoms with Crippen molar-refractivity contribution in [2.24, 2.45) is 0 Å². The summed E-state index contributed by atoms with van der Waals surface area (Å²) < 4.78 is 2.45. The first-order valence-corrected chi connectivity index (χ1v) is 8.58. The smallest absolute Gasteiger partial charge is 0.307 e. The van der Waals surface area contributed by atoms with Crippen molar-refractivity contribution in [1.29, 1.82) is 0 Å². The van der Waals surface area contributed by atoms with Crippen LogP contribution in [0.2, 0.25) is 0 Å². The molecule has 0 fully saturated rings. The molecule has 8 heteroatoms. The predicted octanol–water partition coefficient (Wildman–Crippen LogP) is 0.763. The Balaban J connectivity index is 2.56. The molecule has 0 N–H and O–H groups in total. The van der Waals surface area contributed by atoms with Gasteiger partial charge in [0.25, 0.3) is 0 Å². The summed E-state index contributed by atoms with van der Waals surface area (Å²) in [6.07, 6.45) is 4.28. The number of allylic oxidation sites excluding steroid dienone is 2. The molecule has 2 rings (SSSR count). The quantitative estimate of drug-likeness (QED) is 0.600. The lowest BCUT2D eigenvalue weighted by molar-refractivity contribution is -0.119. The van der Waals surface area contributed by atoms with E-state index in [1.807, 2.05) is 6.07 Å². The summed E-state index contributed by atoms with van der Waals surface area (Å²) in [6, 6.07) is 8.82. The third kappa shape index (κ3) is 4.17. The zero-order chi connectivity index (χ0) is 20.7. The fourth-order valence-corrected chi connectivity index (χ4v) is 2.70. The summed E-state index contributed by atoms with van der Waals surface area (Å²) in [6.45, 7) is 10.2. The van der Waals surface area contributed by atoms with Crippen LogP contribution in [0.5, 0.6) is 0 Å². The molecule has 28 heavy (non-hydrogen) atoms. The molecule has 0 saturated heterocycles. The third-order valence-electron chi connectivity index (χ3n) is 3.98. The highest BCUT2D eigenvalue weighted by molar-refractivity contribution is 5.93. The SMILES string of the molecule is C=CCN(C(=O)Cn1c(=O)n(CC=C)c(=O)n(CC=C)c1=O)c1ccccc1. The number of carbonyl (C=O) groups excluding carboxylic acids is 1. The molecule has 1 aromatic carbocycles. The van der Waals surface area contributed by atoms with Crippen molar-refractivity contribution in [1.82, 2.24) is 13.7 Å². The molecule has 0 radical (unpaired) electrons. The van der Waals surface area contributed by atoms with E-state index in [9.17, 15) is 19.2 Å². The average molecular weight is 382 g/mol. The van der Waals surface area contributed by atoms with Crippen molar-refractivity contribution >= 4 is 11.6 Å². The van der Waals surface area contributed by atoms with Gasteiger partial charge in [0, 0.05) is 12.2 Å². The van der Waals surface area contributed by atoms with E-state index in [1.54, 1.807) is 30.3 Å². The van der Waals surface area contributed by atoms with Crippen LogP contribution >= 0.6 is 0 Å². The number of hydrogen-bond donors (Lipinski definition) is 0. The van der Waals surface area contributed by atoms with Gasteiger partial charge in [-0.05, 0) is 12.1 Å². The van der Waals surface area contributed by atoms with Crippen LogP contribution in [0.3, 0.4) is 0 Å². The number of rotatable bonds is 9. The Kier molecular flexibility index (Phi) is 6.86. The lowest BCUT2D eigenvalue weighted by atomic mass is 10.2. The highest BCUT2D eigenvalue weighted by Gasteiger charge is 2.20. The first kappa shape index (κ1) is 20.6. The molecule has 2 aromatic rings. The minimum atomic E-state index is -0.866. The van der Waals surface area contributed by atoms with Crippen molar-refractivity contribution < 1.29 is 4.79 Å². The molecular formula is C20H22N4O4. The van der Waals surface area contributed by atoms with Gasteiger partial charge in [0.2, 0.25) is 5.91 Å². The van der Waals surface area contributed by atoms with E-state index in [2.05, 4.69) is 19.7 Å². The third-order valence-corrected chi connectivity index (χ3v) is 3.98. The number of nitrogens with zero attached hydrogens (tertiary/aromatic N) is 4. The van der Waals surface area contributed by atoms with Crippen LogP contribution in [0.25, 0.3) is 0 Å². The maximum Gasteiger partial charge on any atom is 0.337 e. The lowest BCUT2D eigenvalue weighted by Gasteiger charge is -2.22. The molecule has 0 aliphatic rings. The van der Waals surface area contributed by atoms with Crippen LogP contribution in [0, 0.1) is 0 Å². The zero-order valence-electron chi connectivity index (χ0n) is 15.5. The van der Waals surface area contributed by atoms with Crippen LogP contribution in [-0.2, 0) is 24.4 Å². The molecule has 8 nitrogen and oxygen atoms in total. The fourth-order valence-electron chi connectivity index (χ4n) is 2.70. The second kappa shape index (κ2) is 9.31. The topological polar surface area (TPSA) is 86.3 Å². The van der Waals surface area contributed by atoms with Crippen LogP contribution < -0.4 is 22.0 Å². The molecule has 0 unspecified atom stereocenters. The number of carbonyl (C=O) groups is 1. The summed E-state index contributed by atoms with van der Waals surface area (Å²) in [5.41, 5.74) is -1.90. The molecule has 0 saturated carbocycles. The molecule has 0 atom stereocenters. The van der Waals surface area contributed by atoms with Gasteiger partial charge in [0.15, 0.2) is 0 Å². The van der Waals surface area contributed by atoms with E-state index >= 15 is 0 Å². The first-order chi connectivity index (χ1) is 13.5. The van der Waals surface area contributed by atoms with Crippen LogP contribution in [0.15, 0.2) is 82.7 Å². The second-order valence-corrected chi connectivity index (χ2v) is 5.86. The molecule has 0 spiro atoms. The van der Waals surface area contributed by atoms with Gasteiger partial charge < -0.3 is 4.90 Å². The van der Waals surface area contributed by atoms with Gasteiger partial charge >= 0.3 is 17.1 Å². The highest BCUT2D eigenvalue weighted by atomic mass is 16.2. The van der Waals surface area contributed by atoms with Gasteiger partial charge in [0.1, 0.15) is 6.54 Å². The summed E-state index contributed by atoms with van der Waals surface area (Å²) >= 11 is 0. The van der Waals surface area contributed by atoms with Gasteiger partial charge in [-0.15, -0.1) is 19.7 Å². The Labute approximate surface area is 161 Å². The number of para-hydroxylation sites is 1. The fraction of sp³-hybridized carbons (Fsp3) is 0.200. The largest absolute Gasteiger partial charge is 0.337 e. The van der Waals surface area contributed by atoms with E-state index in [0.717, 1.165) is 13.7 Å². The van der Waals surface area contributed by atoms with Gasteiger partial charge in [-0.2, -0.15) is 0 Å². The molecule has 1 amide bonds. The first-order valence-electron chi connectivity index (χ1n) is 8.58. The average Bonchev–Trinajstić information content (AvgIpc) is 2.70. The number of anilines is 1. The normalized spacial score (nSPS) is 10.3. The molecule has 0 aliphatic carbocycles. The van der Waals surface area contributed by atoms with Crippen LogP contribution in [0.4, 0.5) is 5.69 Å². The minimum Gasteiger partial charge on any atom is -0.307 e. The lowest BCUT2D eigenvalue weighted by Crippen LogP contribution is -2.55. The highest BCUT2D eigenvalue weighted by Crippen LogP contribution is 2.13. The Morgan fingerprint density at radius 3 is 1.79 bits per heavy atom. The van der Waals surface area contributed by atoms with Crippen molar-refractivity contribution in [3.63, 3.8) is 0 Å². The van der Waals surface area contributed by atoms with Gasteiger partial charge in [-0.1, -0.05) is 36.4 Å². The number of benzene rings is 1. The van der Waals surface area contributed by atoms with Gasteiger partial charge in [-0.3, -0.25) is 4.79 Å². The van der Waals surface area contributed by atoms with Gasteiger partial charge in [-0.25, -0.2) is 28.1 Å². The maximum atomic E-state index is 12.9. The van der Waals surface area contributed by atoms with E-state index in [4.69, 9.17) is 0 Å². The second-order valence-electron chi connectivity index (χ2n) is 5.86. The Hall–Kier alpha value is -3.68. The van der Waals surface area contributed by atoms with Crippen LogP contribution in [-0.4, -0.2) is 26.2 Å². The van der Waals surface area contributed by atoms with Gasteiger partial charge in [0.05, 0.1) is 13.1 Å². The number of aromatic nitrogens is 3. The summed E-state index contributed by atoms with van der Waals surface area (Å²) in [5, 5.41) is 0. The minimum absolute atomic E-state index is 0.0850. The van der Waals surface area contributed by atoms with E-state index in [0.29, 0.717) is 5.69 Å². The summed E-state index contributed by atoms with van der Waals surface area (Å²) in [5.74, 6) is -0.487. The predicted molar refractivity (Wildman–Crippen MR) is 109 cm³/mol. The maximum absolute atomic E-state index is 12.9. The summed E-state index contributed by atoms with van der Waals surface area (Å²) in [7, 11) is 0. The van der Waals surface area contributed by atoms with Crippen molar-refractivity contribution in [3.8, 4) is 0 Å².